The van der Waals surface area contributed by atoms with Crippen LogP contribution < -0.4 is 4.74 Å². The lowest BCUT2D eigenvalue weighted by molar-refractivity contribution is 0.397. The fraction of sp³-hybridized carbons (Fsp3) is 0.214. The summed E-state index contributed by atoms with van der Waals surface area (Å²) in [7, 11) is 1.60. The Morgan fingerprint density at radius 1 is 1.25 bits per heavy atom. The number of ether oxygens (including phenoxy) is 1. The molecule has 3 heterocycles. The molecule has 0 aliphatic carbocycles. The average Bonchev–Trinajstić information content (AvgIpc) is 2.85. The van der Waals surface area contributed by atoms with Gasteiger partial charge in [-0.05, 0) is 23.8 Å². The Balaban J connectivity index is 2.04. The van der Waals surface area contributed by atoms with E-state index in [0.29, 0.717) is 18.3 Å². The number of hydrogen-bond acceptors (Lipinski definition) is 4. The van der Waals surface area contributed by atoms with Gasteiger partial charge in [-0.15, -0.1) is 11.6 Å². The molecule has 0 fully saturated rings. The van der Waals surface area contributed by atoms with Crippen LogP contribution in [0.2, 0.25) is 0 Å². The molecule has 102 valence electrons. The van der Waals surface area contributed by atoms with Crippen molar-refractivity contribution < 1.29 is 4.74 Å². The van der Waals surface area contributed by atoms with Crippen molar-refractivity contribution in [1.82, 2.24) is 19.5 Å². The molecule has 3 rings (SSSR count). The first-order chi connectivity index (χ1) is 9.81. The fourth-order valence-corrected chi connectivity index (χ4v) is 2.32. The van der Waals surface area contributed by atoms with Crippen molar-refractivity contribution in [2.75, 3.05) is 7.11 Å². The Morgan fingerprint density at radius 2 is 2.15 bits per heavy atom. The van der Waals surface area contributed by atoms with Gasteiger partial charge in [-0.25, -0.2) is 15.0 Å². The van der Waals surface area contributed by atoms with Crippen molar-refractivity contribution in [2.24, 2.45) is 0 Å². The maximum atomic E-state index is 5.98. The van der Waals surface area contributed by atoms with Crippen LogP contribution >= 0.6 is 11.6 Å². The first kappa shape index (κ1) is 12.9. The van der Waals surface area contributed by atoms with Crippen LogP contribution in [0, 0.1) is 0 Å². The predicted octanol–water partition coefficient (Wildman–Crippen LogP) is 2.62. The van der Waals surface area contributed by atoms with Crippen LogP contribution in [0.1, 0.15) is 11.4 Å². The van der Waals surface area contributed by atoms with Crippen LogP contribution in [0.25, 0.3) is 11.2 Å². The van der Waals surface area contributed by atoms with E-state index in [1.807, 2.05) is 28.8 Å². The Labute approximate surface area is 121 Å². The van der Waals surface area contributed by atoms with E-state index in [1.165, 1.54) is 0 Å². The number of methoxy groups -OCH3 is 1. The molecule has 0 bridgehead atoms. The number of hydrogen-bond donors (Lipinski definition) is 0. The minimum absolute atomic E-state index is 0.346. The molecular weight excluding hydrogens is 276 g/mol. The van der Waals surface area contributed by atoms with E-state index in [-0.39, 0.29) is 0 Å². The van der Waals surface area contributed by atoms with Crippen molar-refractivity contribution in [1.29, 1.82) is 0 Å². The monoisotopic (exact) mass is 288 g/mol. The quantitative estimate of drug-likeness (QED) is 0.693. The molecule has 0 aliphatic heterocycles. The topological polar surface area (TPSA) is 52.8 Å². The number of nitrogens with zero attached hydrogens (tertiary/aromatic N) is 4. The molecule has 0 saturated carbocycles. The predicted molar refractivity (Wildman–Crippen MR) is 77.0 cm³/mol. The third-order valence-corrected chi connectivity index (χ3v) is 3.29. The molecule has 0 aliphatic rings. The summed E-state index contributed by atoms with van der Waals surface area (Å²) in [6.07, 6.45) is 3.48. The van der Waals surface area contributed by atoms with Gasteiger partial charge in [0.05, 0.1) is 19.5 Å². The minimum Gasteiger partial charge on any atom is -0.481 e. The van der Waals surface area contributed by atoms with Crippen LogP contribution in [0.5, 0.6) is 5.88 Å². The molecule has 0 saturated heterocycles. The summed E-state index contributed by atoms with van der Waals surface area (Å²) in [5.74, 6) is 1.74. The molecule has 3 aromatic rings. The lowest BCUT2D eigenvalue weighted by Gasteiger charge is -2.08. The molecule has 0 spiro atoms. The van der Waals surface area contributed by atoms with Gasteiger partial charge < -0.3 is 9.30 Å². The molecule has 0 aromatic carbocycles. The number of fused-ring (bicyclic) bond motifs is 1. The van der Waals surface area contributed by atoms with Crippen molar-refractivity contribution in [3.8, 4) is 5.88 Å². The number of pyridine rings is 2. The summed E-state index contributed by atoms with van der Waals surface area (Å²) in [5.41, 5.74) is 2.75. The van der Waals surface area contributed by atoms with E-state index >= 15 is 0 Å². The first-order valence-corrected chi connectivity index (χ1v) is 6.70. The average molecular weight is 289 g/mol. The van der Waals surface area contributed by atoms with Crippen molar-refractivity contribution in [3.63, 3.8) is 0 Å². The van der Waals surface area contributed by atoms with Gasteiger partial charge in [0.1, 0.15) is 11.3 Å². The highest BCUT2D eigenvalue weighted by Crippen LogP contribution is 2.18. The van der Waals surface area contributed by atoms with E-state index in [1.54, 1.807) is 19.5 Å². The number of imidazole rings is 1. The smallest absolute Gasteiger partial charge is 0.213 e. The SMILES string of the molecule is COc1cc(Cn2c(CCl)nc3cccnc32)ccn1. The van der Waals surface area contributed by atoms with Gasteiger partial charge in [-0.2, -0.15) is 0 Å². The number of halogens is 1. The van der Waals surface area contributed by atoms with E-state index in [0.717, 1.165) is 22.6 Å². The van der Waals surface area contributed by atoms with Gasteiger partial charge in [0.15, 0.2) is 5.65 Å². The lowest BCUT2D eigenvalue weighted by Crippen LogP contribution is -2.05. The Morgan fingerprint density at radius 3 is 2.95 bits per heavy atom. The molecule has 0 radical (unpaired) electrons. The first-order valence-electron chi connectivity index (χ1n) is 6.17. The fourth-order valence-electron chi connectivity index (χ4n) is 2.12. The van der Waals surface area contributed by atoms with Gasteiger partial charge in [0.25, 0.3) is 0 Å². The van der Waals surface area contributed by atoms with Gasteiger partial charge in [-0.3, -0.25) is 0 Å². The van der Waals surface area contributed by atoms with Gasteiger partial charge in [0.2, 0.25) is 5.88 Å². The molecule has 6 heteroatoms. The summed E-state index contributed by atoms with van der Waals surface area (Å²) in [5, 5.41) is 0. The Hall–Kier alpha value is -2.14. The Bertz CT molecular complexity index is 741. The number of alkyl halides is 1. The second kappa shape index (κ2) is 5.46. The highest BCUT2D eigenvalue weighted by Gasteiger charge is 2.11. The summed E-state index contributed by atoms with van der Waals surface area (Å²) in [6.45, 7) is 0.633. The second-order valence-corrected chi connectivity index (χ2v) is 4.57. The normalized spacial score (nSPS) is 10.9. The van der Waals surface area contributed by atoms with E-state index in [9.17, 15) is 0 Å². The minimum atomic E-state index is 0.346. The maximum absolute atomic E-state index is 5.98. The molecule has 0 atom stereocenters. The van der Waals surface area contributed by atoms with Crippen molar-refractivity contribution >= 4 is 22.8 Å². The van der Waals surface area contributed by atoms with Gasteiger partial charge in [0, 0.05) is 18.5 Å². The van der Waals surface area contributed by atoms with E-state index in [4.69, 9.17) is 16.3 Å². The standard InChI is InChI=1S/C14H13ClN4O/c1-20-13-7-10(4-6-16-13)9-19-12(8-15)18-11-3-2-5-17-14(11)19/h2-7H,8-9H2,1H3. The van der Waals surface area contributed by atoms with E-state index < -0.39 is 0 Å². The second-order valence-electron chi connectivity index (χ2n) is 4.30. The Kier molecular flexibility index (Phi) is 3.52. The van der Waals surface area contributed by atoms with E-state index in [2.05, 4.69) is 15.0 Å². The highest BCUT2D eigenvalue weighted by molar-refractivity contribution is 6.16. The van der Waals surface area contributed by atoms with Crippen molar-refractivity contribution in [2.45, 2.75) is 12.4 Å². The summed E-state index contributed by atoms with van der Waals surface area (Å²) >= 11 is 5.98. The van der Waals surface area contributed by atoms with Crippen LogP contribution in [-0.2, 0) is 12.4 Å². The molecule has 0 N–H and O–H groups in total. The third-order valence-electron chi connectivity index (χ3n) is 3.05. The molecule has 0 amide bonds. The molecule has 5 nitrogen and oxygen atoms in total. The van der Waals surface area contributed by atoms with Crippen LogP contribution in [0.15, 0.2) is 36.7 Å². The van der Waals surface area contributed by atoms with Crippen LogP contribution in [-0.4, -0.2) is 26.6 Å². The van der Waals surface area contributed by atoms with Crippen LogP contribution in [0.3, 0.4) is 0 Å². The van der Waals surface area contributed by atoms with Crippen molar-refractivity contribution in [3.05, 3.63) is 48.0 Å². The summed E-state index contributed by atoms with van der Waals surface area (Å²) < 4.78 is 7.15. The third kappa shape index (κ3) is 2.32. The lowest BCUT2D eigenvalue weighted by atomic mass is 10.2. The maximum Gasteiger partial charge on any atom is 0.213 e. The molecular formula is C14H13ClN4O. The zero-order valence-electron chi connectivity index (χ0n) is 11.0. The summed E-state index contributed by atoms with van der Waals surface area (Å²) in [6, 6.07) is 7.64. The van der Waals surface area contributed by atoms with Gasteiger partial charge >= 0.3 is 0 Å². The molecule has 3 aromatic heterocycles. The number of rotatable bonds is 4. The van der Waals surface area contributed by atoms with Gasteiger partial charge in [-0.1, -0.05) is 0 Å². The zero-order valence-corrected chi connectivity index (χ0v) is 11.7. The zero-order chi connectivity index (χ0) is 13.9. The summed E-state index contributed by atoms with van der Waals surface area (Å²) in [4.78, 5) is 13.0. The van der Waals surface area contributed by atoms with Crippen LogP contribution in [0.4, 0.5) is 0 Å². The highest BCUT2D eigenvalue weighted by atomic mass is 35.5. The molecule has 20 heavy (non-hydrogen) atoms. The largest absolute Gasteiger partial charge is 0.481 e. The number of aromatic nitrogens is 4. The molecule has 0 unspecified atom stereocenters.